The molecule has 1 aliphatic heterocycles. The van der Waals surface area contributed by atoms with Crippen molar-refractivity contribution in [2.75, 3.05) is 25.4 Å². The first-order chi connectivity index (χ1) is 9.15. The molecule has 1 saturated carbocycles. The maximum atomic E-state index is 12.5. The molecule has 0 radical (unpaired) electrons. The lowest BCUT2D eigenvalue weighted by Gasteiger charge is -2.36. The number of nitrogens with one attached hydrogen (secondary N) is 1. The van der Waals surface area contributed by atoms with E-state index >= 15 is 0 Å². The quantitative estimate of drug-likeness (QED) is 0.729. The van der Waals surface area contributed by atoms with E-state index in [2.05, 4.69) is 12.2 Å². The van der Waals surface area contributed by atoms with E-state index in [4.69, 9.17) is 0 Å². The number of nitrogens with zero attached hydrogens (tertiary/aromatic N) is 1. The highest BCUT2D eigenvalue weighted by molar-refractivity contribution is 7.89. The molecule has 19 heavy (non-hydrogen) atoms. The first-order valence-electron chi connectivity index (χ1n) is 7.85. The number of unbranched alkanes of at least 4 members (excludes halogenated alkanes) is 1. The van der Waals surface area contributed by atoms with Crippen molar-refractivity contribution in [1.29, 1.82) is 0 Å². The van der Waals surface area contributed by atoms with Crippen molar-refractivity contribution in [2.45, 2.75) is 57.9 Å². The Morgan fingerprint density at radius 3 is 2.74 bits per heavy atom. The third kappa shape index (κ3) is 3.92. The molecule has 0 aromatic heterocycles. The molecular weight excluding hydrogens is 260 g/mol. The summed E-state index contributed by atoms with van der Waals surface area (Å²) in [6, 6.07) is 0.326. The summed E-state index contributed by atoms with van der Waals surface area (Å²) < 4.78 is 26.8. The molecule has 1 N–H and O–H groups in total. The minimum absolute atomic E-state index is 0.326. The van der Waals surface area contributed by atoms with E-state index in [-0.39, 0.29) is 0 Å². The lowest BCUT2D eigenvalue weighted by molar-refractivity contribution is 0.202. The van der Waals surface area contributed by atoms with Gasteiger partial charge >= 0.3 is 0 Å². The Balaban J connectivity index is 1.84. The lowest BCUT2D eigenvalue weighted by Crippen LogP contribution is -2.47. The molecule has 2 aliphatic rings. The molecule has 0 aromatic carbocycles. The number of piperidine rings is 1. The molecule has 5 heteroatoms. The van der Waals surface area contributed by atoms with E-state index in [1.807, 2.05) is 4.31 Å². The van der Waals surface area contributed by atoms with Crippen LogP contribution < -0.4 is 5.32 Å². The molecule has 2 unspecified atom stereocenters. The molecule has 0 spiro atoms. The van der Waals surface area contributed by atoms with Gasteiger partial charge in [-0.25, -0.2) is 8.42 Å². The second-order valence-electron chi connectivity index (χ2n) is 5.89. The monoisotopic (exact) mass is 288 g/mol. The zero-order valence-electron chi connectivity index (χ0n) is 12.1. The van der Waals surface area contributed by atoms with Crippen LogP contribution in [0.4, 0.5) is 0 Å². The zero-order chi connectivity index (χ0) is 13.7. The van der Waals surface area contributed by atoms with Crippen LogP contribution >= 0.6 is 0 Å². The van der Waals surface area contributed by atoms with E-state index in [9.17, 15) is 8.42 Å². The van der Waals surface area contributed by atoms with Gasteiger partial charge in [0.1, 0.15) is 0 Å². The van der Waals surface area contributed by atoms with Gasteiger partial charge in [-0.3, -0.25) is 0 Å². The molecule has 1 aliphatic carbocycles. The number of hydrogen-bond acceptors (Lipinski definition) is 3. The van der Waals surface area contributed by atoms with Crippen molar-refractivity contribution in [1.82, 2.24) is 9.62 Å². The zero-order valence-corrected chi connectivity index (χ0v) is 12.9. The fraction of sp³-hybridized carbons (Fsp3) is 1.00. The summed E-state index contributed by atoms with van der Waals surface area (Å²) in [5.74, 6) is 0.979. The summed E-state index contributed by atoms with van der Waals surface area (Å²) in [6.07, 6.45) is 7.55. The standard InChI is InChI=1S/C14H28N2O2S/c1-2-15-10-3-4-12-19(17,18)16-11-6-8-13-7-5-9-14(13)16/h13-15H,2-12H2,1H3. The Bertz CT molecular complexity index is 370. The molecule has 1 saturated heterocycles. The van der Waals surface area contributed by atoms with Gasteiger partial charge in [0.2, 0.25) is 10.0 Å². The largest absolute Gasteiger partial charge is 0.317 e. The highest BCUT2D eigenvalue weighted by atomic mass is 32.2. The van der Waals surface area contributed by atoms with Gasteiger partial charge in [0.25, 0.3) is 0 Å². The normalized spacial score (nSPS) is 28.5. The van der Waals surface area contributed by atoms with Crippen LogP contribution in [0.3, 0.4) is 0 Å². The van der Waals surface area contributed by atoms with Gasteiger partial charge in [-0.2, -0.15) is 4.31 Å². The minimum Gasteiger partial charge on any atom is -0.317 e. The third-order valence-electron chi connectivity index (χ3n) is 4.56. The van der Waals surface area contributed by atoms with Gasteiger partial charge in [-0.1, -0.05) is 13.3 Å². The van der Waals surface area contributed by atoms with Crippen LogP contribution in [0.25, 0.3) is 0 Å². The topological polar surface area (TPSA) is 49.4 Å². The summed E-state index contributed by atoms with van der Waals surface area (Å²) in [4.78, 5) is 0. The lowest BCUT2D eigenvalue weighted by atomic mass is 9.94. The van der Waals surface area contributed by atoms with Crippen LogP contribution in [0.1, 0.15) is 51.9 Å². The first-order valence-corrected chi connectivity index (χ1v) is 9.46. The summed E-state index contributed by atoms with van der Waals surface area (Å²) in [7, 11) is -3.02. The van der Waals surface area contributed by atoms with Gasteiger partial charge in [-0.05, 0) is 57.5 Å². The average Bonchev–Trinajstić information content (AvgIpc) is 2.86. The van der Waals surface area contributed by atoms with Crippen molar-refractivity contribution in [3.63, 3.8) is 0 Å². The molecule has 0 aromatic rings. The van der Waals surface area contributed by atoms with Crippen LogP contribution in [0.2, 0.25) is 0 Å². The molecular formula is C14H28N2O2S. The molecule has 2 rings (SSSR count). The predicted molar refractivity (Wildman–Crippen MR) is 78.6 cm³/mol. The van der Waals surface area contributed by atoms with Crippen molar-refractivity contribution in [3.05, 3.63) is 0 Å². The Morgan fingerprint density at radius 2 is 1.95 bits per heavy atom. The summed E-state index contributed by atoms with van der Waals surface area (Å²) in [5, 5.41) is 3.24. The Kier molecular flexibility index (Phi) is 5.66. The van der Waals surface area contributed by atoms with Crippen LogP contribution in [0.15, 0.2) is 0 Å². The second-order valence-corrected chi connectivity index (χ2v) is 7.93. The number of hydrogen-bond donors (Lipinski definition) is 1. The van der Waals surface area contributed by atoms with Crippen LogP contribution in [0.5, 0.6) is 0 Å². The van der Waals surface area contributed by atoms with E-state index in [0.717, 1.165) is 45.3 Å². The first kappa shape index (κ1) is 15.3. The molecule has 1 heterocycles. The van der Waals surface area contributed by atoms with Crippen molar-refractivity contribution >= 4 is 10.0 Å². The molecule has 2 atom stereocenters. The predicted octanol–water partition coefficient (Wildman–Crippen LogP) is 1.97. The number of rotatable bonds is 7. The molecule has 0 bridgehead atoms. The van der Waals surface area contributed by atoms with Gasteiger partial charge in [0, 0.05) is 12.6 Å². The minimum atomic E-state index is -3.02. The summed E-state index contributed by atoms with van der Waals surface area (Å²) in [6.45, 7) is 4.72. The highest BCUT2D eigenvalue weighted by Gasteiger charge is 2.40. The van der Waals surface area contributed by atoms with Gasteiger partial charge in [0.15, 0.2) is 0 Å². The molecule has 2 fully saturated rings. The molecule has 4 nitrogen and oxygen atoms in total. The fourth-order valence-electron chi connectivity index (χ4n) is 3.58. The van der Waals surface area contributed by atoms with Crippen LogP contribution in [-0.2, 0) is 10.0 Å². The van der Waals surface area contributed by atoms with Crippen molar-refractivity contribution in [2.24, 2.45) is 5.92 Å². The Hall–Kier alpha value is -0.130. The van der Waals surface area contributed by atoms with Crippen molar-refractivity contribution in [3.8, 4) is 0 Å². The Morgan fingerprint density at radius 1 is 1.16 bits per heavy atom. The van der Waals surface area contributed by atoms with E-state index in [1.54, 1.807) is 0 Å². The van der Waals surface area contributed by atoms with E-state index < -0.39 is 10.0 Å². The maximum Gasteiger partial charge on any atom is 0.214 e. The van der Waals surface area contributed by atoms with Gasteiger partial charge in [-0.15, -0.1) is 0 Å². The molecule has 112 valence electrons. The molecule has 0 amide bonds. The summed E-state index contributed by atoms with van der Waals surface area (Å²) in [5.41, 5.74) is 0. The third-order valence-corrected chi connectivity index (χ3v) is 6.53. The van der Waals surface area contributed by atoms with Crippen LogP contribution in [0, 0.1) is 5.92 Å². The van der Waals surface area contributed by atoms with E-state index in [0.29, 0.717) is 17.7 Å². The fourth-order valence-corrected chi connectivity index (χ4v) is 5.48. The van der Waals surface area contributed by atoms with E-state index in [1.165, 1.54) is 19.3 Å². The average molecular weight is 288 g/mol. The number of fused-ring (bicyclic) bond motifs is 1. The number of sulfonamides is 1. The SMILES string of the molecule is CCNCCCCS(=O)(=O)N1CCCC2CCCC21. The maximum absolute atomic E-state index is 12.5. The van der Waals surface area contributed by atoms with Crippen molar-refractivity contribution < 1.29 is 8.42 Å². The Labute approximate surface area is 118 Å². The van der Waals surface area contributed by atoms with Gasteiger partial charge in [0.05, 0.1) is 5.75 Å². The highest BCUT2D eigenvalue weighted by Crippen LogP contribution is 2.38. The van der Waals surface area contributed by atoms with Crippen LogP contribution in [-0.4, -0.2) is 44.2 Å². The smallest absolute Gasteiger partial charge is 0.214 e. The summed E-state index contributed by atoms with van der Waals surface area (Å²) >= 11 is 0. The van der Waals surface area contributed by atoms with Gasteiger partial charge < -0.3 is 5.32 Å². The second kappa shape index (κ2) is 7.04.